The van der Waals surface area contributed by atoms with Gasteiger partial charge in [0.15, 0.2) is 0 Å². The summed E-state index contributed by atoms with van der Waals surface area (Å²) in [4.78, 5) is 0. The van der Waals surface area contributed by atoms with E-state index in [1.165, 1.54) is 10.4 Å². The third-order valence-corrected chi connectivity index (χ3v) is 11.6. The standard InChI is InChI=1S/C27H37BO3Si/c1-25(2,3)32(23-17-11-8-12-18-23,24-19-13-9-14-20-24)29-22-16-10-15-21-28-30-26(4,5)27(6,7)31-28/h8-21H,22H2,1-7H3/b16-10+,21-15+. The number of hydrogen-bond donors (Lipinski definition) is 0. The van der Waals surface area contributed by atoms with Gasteiger partial charge < -0.3 is 13.7 Å². The fourth-order valence-electron chi connectivity index (χ4n) is 4.19. The van der Waals surface area contributed by atoms with Crippen LogP contribution in [0, 0.1) is 0 Å². The van der Waals surface area contributed by atoms with E-state index in [4.69, 9.17) is 13.7 Å². The van der Waals surface area contributed by atoms with Crippen molar-refractivity contribution in [3.05, 3.63) is 84.9 Å². The Hall–Kier alpha value is -1.92. The van der Waals surface area contributed by atoms with Gasteiger partial charge in [0.05, 0.1) is 17.8 Å². The molecule has 32 heavy (non-hydrogen) atoms. The number of hydrogen-bond acceptors (Lipinski definition) is 3. The minimum absolute atomic E-state index is 0.0257. The van der Waals surface area contributed by atoms with Crippen LogP contribution in [0.15, 0.2) is 84.9 Å². The fourth-order valence-corrected chi connectivity index (χ4v) is 8.69. The Kier molecular flexibility index (Phi) is 7.35. The maximum absolute atomic E-state index is 6.86. The molecule has 0 atom stereocenters. The zero-order valence-electron chi connectivity index (χ0n) is 20.6. The van der Waals surface area contributed by atoms with E-state index in [1.54, 1.807) is 0 Å². The Morgan fingerprint density at radius 2 is 1.28 bits per heavy atom. The molecular formula is C27H37BO3Si. The van der Waals surface area contributed by atoms with E-state index in [9.17, 15) is 0 Å². The molecule has 0 unspecified atom stereocenters. The highest BCUT2D eigenvalue weighted by Crippen LogP contribution is 2.37. The van der Waals surface area contributed by atoms with Crippen LogP contribution in [0.5, 0.6) is 0 Å². The van der Waals surface area contributed by atoms with Crippen LogP contribution in [0.25, 0.3) is 0 Å². The zero-order chi connectivity index (χ0) is 23.5. The van der Waals surface area contributed by atoms with Gasteiger partial charge in [0, 0.05) is 0 Å². The van der Waals surface area contributed by atoms with E-state index in [1.807, 2.05) is 18.1 Å². The van der Waals surface area contributed by atoms with Crippen molar-refractivity contribution in [3.63, 3.8) is 0 Å². The van der Waals surface area contributed by atoms with Gasteiger partial charge in [-0.1, -0.05) is 106 Å². The Bertz CT molecular complexity index is 875. The first-order valence-corrected chi connectivity index (χ1v) is 13.3. The Morgan fingerprint density at radius 3 is 1.72 bits per heavy atom. The van der Waals surface area contributed by atoms with Gasteiger partial charge in [-0.15, -0.1) is 0 Å². The fraction of sp³-hybridized carbons (Fsp3) is 0.407. The van der Waals surface area contributed by atoms with Crippen LogP contribution in [-0.4, -0.2) is 33.2 Å². The third-order valence-electron chi connectivity index (χ3n) is 6.60. The van der Waals surface area contributed by atoms with Crippen LogP contribution < -0.4 is 10.4 Å². The molecule has 3 nitrogen and oxygen atoms in total. The van der Waals surface area contributed by atoms with Crippen molar-refractivity contribution >= 4 is 25.8 Å². The summed E-state index contributed by atoms with van der Waals surface area (Å²) in [6.07, 6.45) is 6.07. The largest absolute Gasteiger partial charge is 0.487 e. The lowest BCUT2D eigenvalue weighted by Gasteiger charge is -2.42. The monoisotopic (exact) mass is 448 g/mol. The summed E-state index contributed by atoms with van der Waals surface area (Å²) in [5.74, 6) is 1.95. The molecule has 0 aliphatic carbocycles. The van der Waals surface area contributed by atoms with Gasteiger partial charge >= 0.3 is 7.12 Å². The molecule has 0 aromatic heterocycles. The summed E-state index contributed by atoms with van der Waals surface area (Å²) in [6.45, 7) is 15.7. The van der Waals surface area contributed by atoms with E-state index < -0.39 is 8.32 Å². The molecule has 0 amide bonds. The molecule has 1 saturated heterocycles. The predicted octanol–water partition coefficient (Wildman–Crippen LogP) is 5.31. The molecule has 0 bridgehead atoms. The third kappa shape index (κ3) is 5.02. The Morgan fingerprint density at radius 1 is 0.812 bits per heavy atom. The Labute approximate surface area is 195 Å². The molecule has 1 heterocycles. The second kappa shape index (κ2) is 9.52. The van der Waals surface area contributed by atoms with Crippen molar-refractivity contribution < 1.29 is 13.7 Å². The molecule has 0 saturated carbocycles. The summed E-state index contributed by atoms with van der Waals surface area (Å²) in [5.41, 5.74) is -0.643. The van der Waals surface area contributed by atoms with Crippen molar-refractivity contribution in [2.75, 3.05) is 6.61 Å². The van der Waals surface area contributed by atoms with Gasteiger partial charge in [-0.05, 0) is 43.1 Å². The van der Waals surface area contributed by atoms with Crippen LogP contribution in [0.3, 0.4) is 0 Å². The molecule has 3 rings (SSSR count). The zero-order valence-corrected chi connectivity index (χ0v) is 21.6. The maximum atomic E-state index is 6.86. The first-order chi connectivity index (χ1) is 15.0. The highest BCUT2D eigenvalue weighted by atomic mass is 28.4. The molecule has 1 aliphatic heterocycles. The minimum Gasteiger partial charge on any atom is -0.404 e. The van der Waals surface area contributed by atoms with Gasteiger partial charge in [-0.2, -0.15) is 0 Å². The van der Waals surface area contributed by atoms with Crippen LogP contribution in [0.1, 0.15) is 48.5 Å². The second-order valence-electron chi connectivity index (χ2n) is 10.4. The molecule has 170 valence electrons. The van der Waals surface area contributed by atoms with E-state index in [0.717, 1.165) is 0 Å². The van der Waals surface area contributed by atoms with E-state index in [0.29, 0.717) is 6.61 Å². The summed E-state index contributed by atoms with van der Waals surface area (Å²) >= 11 is 0. The summed E-state index contributed by atoms with van der Waals surface area (Å²) in [7, 11) is -2.83. The lowest BCUT2D eigenvalue weighted by atomic mass is 9.90. The lowest BCUT2D eigenvalue weighted by Crippen LogP contribution is -2.66. The van der Waals surface area contributed by atoms with E-state index in [-0.39, 0.29) is 23.4 Å². The van der Waals surface area contributed by atoms with E-state index >= 15 is 0 Å². The summed E-state index contributed by atoms with van der Waals surface area (Å²) in [6, 6.07) is 21.4. The first-order valence-electron chi connectivity index (χ1n) is 11.4. The highest BCUT2D eigenvalue weighted by molar-refractivity contribution is 6.99. The minimum atomic E-state index is -2.50. The average Bonchev–Trinajstić information content (AvgIpc) is 2.94. The quantitative estimate of drug-likeness (QED) is 0.425. The van der Waals surface area contributed by atoms with Crippen LogP contribution in [0.2, 0.25) is 5.04 Å². The average molecular weight is 448 g/mol. The maximum Gasteiger partial charge on any atom is 0.487 e. The van der Waals surface area contributed by atoms with Gasteiger partial charge in [0.1, 0.15) is 0 Å². The second-order valence-corrected chi connectivity index (χ2v) is 14.7. The number of rotatable bonds is 7. The molecule has 2 aromatic rings. The first kappa shape index (κ1) is 24.7. The van der Waals surface area contributed by atoms with Crippen LogP contribution in [-0.2, 0) is 13.7 Å². The smallest absolute Gasteiger partial charge is 0.404 e. The molecule has 5 heteroatoms. The molecule has 0 N–H and O–H groups in total. The molecular weight excluding hydrogens is 411 g/mol. The summed E-state index contributed by atoms with van der Waals surface area (Å²) in [5, 5.41) is 2.56. The van der Waals surface area contributed by atoms with Crippen molar-refractivity contribution in [2.24, 2.45) is 0 Å². The number of allylic oxidation sites excluding steroid dienone is 2. The summed E-state index contributed by atoms with van der Waals surface area (Å²) < 4.78 is 18.9. The SMILES string of the molecule is CC1(C)OB(/C=C/C=C/CO[Si](c2ccccc2)(c2ccccc2)C(C)(C)C)OC1(C)C. The van der Waals surface area contributed by atoms with Crippen molar-refractivity contribution in [1.82, 2.24) is 0 Å². The van der Waals surface area contributed by atoms with Gasteiger partial charge in [-0.3, -0.25) is 0 Å². The predicted molar refractivity (Wildman–Crippen MR) is 138 cm³/mol. The lowest BCUT2D eigenvalue weighted by molar-refractivity contribution is 0.00578. The molecule has 0 radical (unpaired) electrons. The molecule has 1 aliphatic rings. The molecule has 2 aromatic carbocycles. The Balaban J connectivity index is 1.77. The van der Waals surface area contributed by atoms with E-state index in [2.05, 4.69) is 115 Å². The van der Waals surface area contributed by atoms with Gasteiger partial charge in [0.2, 0.25) is 0 Å². The van der Waals surface area contributed by atoms with Gasteiger partial charge in [-0.25, -0.2) is 0 Å². The molecule has 1 fully saturated rings. The van der Waals surface area contributed by atoms with Crippen LogP contribution >= 0.6 is 0 Å². The van der Waals surface area contributed by atoms with Gasteiger partial charge in [0.25, 0.3) is 8.32 Å². The topological polar surface area (TPSA) is 27.7 Å². The van der Waals surface area contributed by atoms with Crippen molar-refractivity contribution in [3.8, 4) is 0 Å². The highest BCUT2D eigenvalue weighted by Gasteiger charge is 2.50. The number of benzene rings is 2. The normalized spacial score (nSPS) is 18.7. The van der Waals surface area contributed by atoms with Crippen LogP contribution in [0.4, 0.5) is 0 Å². The van der Waals surface area contributed by atoms with Crippen molar-refractivity contribution in [1.29, 1.82) is 0 Å². The van der Waals surface area contributed by atoms with Crippen molar-refractivity contribution in [2.45, 2.75) is 64.7 Å². The molecule has 0 spiro atoms.